The van der Waals surface area contributed by atoms with E-state index in [9.17, 15) is 28.0 Å². The molecule has 1 saturated heterocycles. The summed E-state index contributed by atoms with van der Waals surface area (Å²) in [6.07, 6.45) is 1.65. The fourth-order valence-electron chi connectivity index (χ4n) is 2.87. The van der Waals surface area contributed by atoms with Crippen molar-refractivity contribution < 1.29 is 32.7 Å². The van der Waals surface area contributed by atoms with Gasteiger partial charge in [0.25, 0.3) is 5.91 Å². The van der Waals surface area contributed by atoms with Crippen molar-refractivity contribution in [2.24, 2.45) is 5.92 Å². The van der Waals surface area contributed by atoms with Gasteiger partial charge in [-0.2, -0.15) is 0 Å². The highest BCUT2D eigenvalue weighted by Gasteiger charge is 2.56. The van der Waals surface area contributed by atoms with E-state index in [-0.39, 0.29) is 11.5 Å². The number of hydrogen-bond donors (Lipinski definition) is 1. The molecule has 1 aliphatic carbocycles. The largest absolute Gasteiger partial charge is 0.456 e. The number of carbonyl (C=O) groups is 4. The van der Waals surface area contributed by atoms with Crippen LogP contribution >= 0.6 is 0 Å². The number of urea groups is 1. The predicted molar refractivity (Wildman–Crippen MR) is 83.0 cm³/mol. The molecule has 1 aromatic carbocycles. The van der Waals surface area contributed by atoms with Crippen molar-refractivity contribution in [2.45, 2.75) is 25.3 Å². The first kappa shape index (κ1) is 18.0. The minimum absolute atomic E-state index is 0.0509. The minimum atomic E-state index is -1.19. The van der Waals surface area contributed by atoms with Crippen molar-refractivity contribution in [2.75, 3.05) is 13.2 Å². The number of rotatable bonds is 6. The lowest BCUT2D eigenvalue weighted by molar-refractivity contribution is -0.146. The van der Waals surface area contributed by atoms with Crippen LogP contribution in [0, 0.1) is 17.6 Å². The van der Waals surface area contributed by atoms with Crippen LogP contribution in [0.25, 0.3) is 0 Å². The van der Waals surface area contributed by atoms with E-state index in [1.54, 1.807) is 6.92 Å². The van der Waals surface area contributed by atoms with Crippen LogP contribution in [0.1, 0.15) is 30.1 Å². The lowest BCUT2D eigenvalue weighted by Gasteiger charge is -2.20. The predicted octanol–water partition coefficient (Wildman–Crippen LogP) is 1.41. The second kappa shape index (κ2) is 6.47. The lowest BCUT2D eigenvalue weighted by Crippen LogP contribution is -2.46. The maximum atomic E-state index is 13.1. The number of Topliss-reactive ketones (excluding diaryl/α,β-unsaturated/α-hetero) is 1. The van der Waals surface area contributed by atoms with Crippen LogP contribution in [0.5, 0.6) is 0 Å². The molecular weight excluding hydrogens is 350 g/mol. The highest BCUT2D eigenvalue weighted by atomic mass is 19.2. The maximum absolute atomic E-state index is 13.1. The molecule has 1 aromatic rings. The zero-order chi connectivity index (χ0) is 19.1. The SMILES string of the molecule is C[C@@]1(C2CC2)NC(=O)N(CC(=O)OCC(=O)c2ccc(F)c(F)c2)C1=O. The van der Waals surface area contributed by atoms with E-state index in [2.05, 4.69) is 5.32 Å². The van der Waals surface area contributed by atoms with Gasteiger partial charge in [-0.05, 0) is 43.9 Å². The molecule has 1 saturated carbocycles. The monoisotopic (exact) mass is 366 g/mol. The van der Waals surface area contributed by atoms with Gasteiger partial charge >= 0.3 is 12.0 Å². The number of benzene rings is 1. The van der Waals surface area contributed by atoms with Crippen LogP contribution in [-0.2, 0) is 14.3 Å². The molecule has 1 atom stereocenters. The number of ketones is 1. The fourth-order valence-corrected chi connectivity index (χ4v) is 2.87. The number of nitrogens with one attached hydrogen (secondary N) is 1. The van der Waals surface area contributed by atoms with E-state index in [0.29, 0.717) is 6.07 Å². The molecule has 9 heteroatoms. The molecule has 0 bridgehead atoms. The minimum Gasteiger partial charge on any atom is -0.456 e. The molecule has 0 unspecified atom stereocenters. The zero-order valence-electron chi connectivity index (χ0n) is 13.9. The van der Waals surface area contributed by atoms with Gasteiger partial charge in [0, 0.05) is 5.56 Å². The molecule has 26 heavy (non-hydrogen) atoms. The quantitative estimate of drug-likeness (QED) is 0.467. The van der Waals surface area contributed by atoms with Gasteiger partial charge in [0.15, 0.2) is 24.0 Å². The Balaban J connectivity index is 1.55. The second-order valence-electron chi connectivity index (χ2n) is 6.51. The fraction of sp³-hybridized carbons (Fsp3) is 0.412. The van der Waals surface area contributed by atoms with E-state index in [0.717, 1.165) is 29.9 Å². The smallest absolute Gasteiger partial charge is 0.326 e. The number of hydrogen-bond acceptors (Lipinski definition) is 5. The Morgan fingerprint density at radius 1 is 1.27 bits per heavy atom. The Hall–Kier alpha value is -2.84. The average molecular weight is 366 g/mol. The first-order chi connectivity index (χ1) is 12.2. The van der Waals surface area contributed by atoms with Gasteiger partial charge in [-0.25, -0.2) is 13.6 Å². The summed E-state index contributed by atoms with van der Waals surface area (Å²) >= 11 is 0. The van der Waals surface area contributed by atoms with Crippen LogP contribution in [0.2, 0.25) is 0 Å². The lowest BCUT2D eigenvalue weighted by atomic mass is 9.96. The zero-order valence-corrected chi connectivity index (χ0v) is 13.9. The van der Waals surface area contributed by atoms with Gasteiger partial charge in [0.2, 0.25) is 0 Å². The molecule has 3 amide bonds. The molecule has 0 aromatic heterocycles. The van der Waals surface area contributed by atoms with E-state index in [1.807, 2.05) is 0 Å². The van der Waals surface area contributed by atoms with Gasteiger partial charge in [-0.3, -0.25) is 19.3 Å². The van der Waals surface area contributed by atoms with Crippen molar-refractivity contribution in [3.63, 3.8) is 0 Å². The van der Waals surface area contributed by atoms with Crippen molar-refractivity contribution in [3.8, 4) is 0 Å². The Kier molecular flexibility index (Phi) is 4.47. The number of amides is 3. The van der Waals surface area contributed by atoms with Gasteiger partial charge in [0.05, 0.1) is 0 Å². The average Bonchev–Trinajstić information content (AvgIpc) is 3.41. The first-order valence-electron chi connectivity index (χ1n) is 8.00. The summed E-state index contributed by atoms with van der Waals surface area (Å²) in [5.41, 5.74) is -1.17. The number of carbonyl (C=O) groups excluding carboxylic acids is 4. The normalized spacial score (nSPS) is 22.3. The summed E-state index contributed by atoms with van der Waals surface area (Å²) in [7, 11) is 0. The van der Waals surface area contributed by atoms with Crippen LogP contribution in [0.3, 0.4) is 0 Å². The van der Waals surface area contributed by atoms with E-state index < -0.39 is 54.0 Å². The van der Waals surface area contributed by atoms with Crippen LogP contribution < -0.4 is 5.32 Å². The number of esters is 1. The Labute approximate surface area is 147 Å². The summed E-state index contributed by atoms with van der Waals surface area (Å²) in [6, 6.07) is 1.86. The molecule has 0 radical (unpaired) electrons. The van der Waals surface area contributed by atoms with Gasteiger partial charge < -0.3 is 10.1 Å². The summed E-state index contributed by atoms with van der Waals surface area (Å²) in [5.74, 6) is -4.44. The van der Waals surface area contributed by atoms with Crippen LogP contribution in [0.4, 0.5) is 13.6 Å². The van der Waals surface area contributed by atoms with Crippen molar-refractivity contribution in [1.82, 2.24) is 10.2 Å². The molecule has 7 nitrogen and oxygen atoms in total. The number of halogens is 2. The van der Waals surface area contributed by atoms with Crippen LogP contribution in [0.15, 0.2) is 18.2 Å². The van der Waals surface area contributed by atoms with Gasteiger partial charge in [-0.15, -0.1) is 0 Å². The molecule has 0 spiro atoms. The second-order valence-corrected chi connectivity index (χ2v) is 6.51. The highest BCUT2D eigenvalue weighted by molar-refractivity contribution is 6.09. The molecular formula is C17H16F2N2O5. The van der Waals surface area contributed by atoms with E-state index in [4.69, 9.17) is 4.74 Å². The summed E-state index contributed by atoms with van der Waals surface area (Å²) in [4.78, 5) is 48.8. The molecule has 1 heterocycles. The summed E-state index contributed by atoms with van der Waals surface area (Å²) < 4.78 is 30.7. The number of ether oxygens (including phenoxy) is 1. The summed E-state index contributed by atoms with van der Waals surface area (Å²) in [6.45, 7) is 0.272. The molecule has 3 rings (SSSR count). The third-order valence-corrected chi connectivity index (χ3v) is 4.59. The maximum Gasteiger partial charge on any atom is 0.326 e. The van der Waals surface area contributed by atoms with Gasteiger partial charge in [0.1, 0.15) is 12.1 Å². The topological polar surface area (TPSA) is 92.8 Å². The highest BCUT2D eigenvalue weighted by Crippen LogP contribution is 2.42. The standard InChI is InChI=1S/C17H16F2N2O5/c1-17(10-3-4-10)15(24)21(16(25)20-17)7-14(23)26-8-13(22)9-2-5-11(18)12(19)6-9/h2,5-6,10H,3-4,7-8H2,1H3,(H,20,25)/t17-/m0/s1. The summed E-state index contributed by atoms with van der Waals surface area (Å²) in [5, 5.41) is 2.59. The first-order valence-corrected chi connectivity index (χ1v) is 8.00. The van der Waals surface area contributed by atoms with E-state index >= 15 is 0 Å². The van der Waals surface area contributed by atoms with Crippen LogP contribution in [-0.4, -0.2) is 47.3 Å². The number of imide groups is 1. The molecule has 1 N–H and O–H groups in total. The molecule has 2 aliphatic rings. The van der Waals surface area contributed by atoms with Gasteiger partial charge in [-0.1, -0.05) is 0 Å². The third-order valence-electron chi connectivity index (χ3n) is 4.59. The van der Waals surface area contributed by atoms with Crippen molar-refractivity contribution >= 4 is 23.7 Å². The molecule has 138 valence electrons. The third kappa shape index (κ3) is 3.29. The van der Waals surface area contributed by atoms with Crippen molar-refractivity contribution in [1.29, 1.82) is 0 Å². The van der Waals surface area contributed by atoms with E-state index in [1.165, 1.54) is 0 Å². The van der Waals surface area contributed by atoms with Crippen molar-refractivity contribution in [3.05, 3.63) is 35.4 Å². The molecule has 2 fully saturated rings. The Bertz CT molecular complexity index is 808. The Morgan fingerprint density at radius 3 is 2.58 bits per heavy atom. The molecule has 1 aliphatic heterocycles. The number of nitrogens with zero attached hydrogens (tertiary/aromatic N) is 1. The Morgan fingerprint density at radius 2 is 1.96 bits per heavy atom.